The topological polar surface area (TPSA) is 105 Å². The Morgan fingerprint density at radius 2 is 1.63 bits per heavy atom. The summed E-state index contributed by atoms with van der Waals surface area (Å²) in [4.78, 5) is 35.8. The lowest BCUT2D eigenvalue weighted by atomic mass is 9.98. The van der Waals surface area contributed by atoms with Crippen LogP contribution in [-0.2, 0) is 9.53 Å². The SMILES string of the molecule is CC(CCNC(=O)OCC1c2ccccc2-c2ccccc21)C(=O)Nc1ccc(C(=O)O)cc1Cl. The molecule has 0 saturated carbocycles. The first-order valence-corrected chi connectivity index (χ1v) is 11.7. The van der Waals surface area contributed by atoms with Crippen LogP contribution in [0.15, 0.2) is 66.7 Å². The van der Waals surface area contributed by atoms with Crippen molar-refractivity contribution in [3.63, 3.8) is 0 Å². The fourth-order valence-corrected chi connectivity index (χ4v) is 4.40. The second-order valence-corrected chi connectivity index (χ2v) is 8.84. The van der Waals surface area contributed by atoms with Gasteiger partial charge in [0.15, 0.2) is 0 Å². The largest absolute Gasteiger partial charge is 0.478 e. The first kappa shape index (κ1) is 24.3. The predicted molar refractivity (Wildman–Crippen MR) is 134 cm³/mol. The van der Waals surface area contributed by atoms with Crippen LogP contribution in [0.5, 0.6) is 0 Å². The molecule has 0 radical (unpaired) electrons. The number of hydrogen-bond donors (Lipinski definition) is 3. The lowest BCUT2D eigenvalue weighted by Gasteiger charge is -2.16. The molecule has 3 aromatic rings. The number of alkyl carbamates (subject to hydrolysis) is 1. The highest BCUT2D eigenvalue weighted by Crippen LogP contribution is 2.44. The number of rotatable bonds is 8. The van der Waals surface area contributed by atoms with Gasteiger partial charge in [0.05, 0.1) is 16.3 Å². The second-order valence-electron chi connectivity index (χ2n) is 8.43. The highest BCUT2D eigenvalue weighted by atomic mass is 35.5. The Morgan fingerprint density at radius 1 is 1.00 bits per heavy atom. The smallest absolute Gasteiger partial charge is 0.407 e. The van der Waals surface area contributed by atoms with Crippen LogP contribution in [0.25, 0.3) is 11.1 Å². The molecule has 2 amide bonds. The Bertz CT molecular complexity index is 1230. The minimum atomic E-state index is -1.10. The van der Waals surface area contributed by atoms with Crippen LogP contribution < -0.4 is 10.6 Å². The lowest BCUT2D eigenvalue weighted by Crippen LogP contribution is -2.30. The number of hydrogen-bond acceptors (Lipinski definition) is 4. The molecule has 1 atom stereocenters. The molecule has 1 aliphatic carbocycles. The van der Waals surface area contributed by atoms with Gasteiger partial charge in [-0.25, -0.2) is 9.59 Å². The zero-order chi connectivity index (χ0) is 24.9. The highest BCUT2D eigenvalue weighted by Gasteiger charge is 2.29. The van der Waals surface area contributed by atoms with Crippen molar-refractivity contribution in [1.29, 1.82) is 0 Å². The Kier molecular flexibility index (Phi) is 7.36. The number of carboxylic acid groups (broad SMARTS) is 1. The van der Waals surface area contributed by atoms with E-state index in [9.17, 15) is 14.4 Å². The van der Waals surface area contributed by atoms with Gasteiger partial charge in [-0.15, -0.1) is 0 Å². The molecule has 3 N–H and O–H groups in total. The molecule has 35 heavy (non-hydrogen) atoms. The van der Waals surface area contributed by atoms with Gasteiger partial charge in [-0.3, -0.25) is 4.79 Å². The number of halogens is 1. The van der Waals surface area contributed by atoms with Crippen LogP contribution in [0.3, 0.4) is 0 Å². The van der Waals surface area contributed by atoms with Crippen LogP contribution >= 0.6 is 11.6 Å². The van der Waals surface area contributed by atoms with Crippen molar-refractivity contribution in [2.24, 2.45) is 5.92 Å². The van der Waals surface area contributed by atoms with Gasteiger partial charge in [-0.2, -0.15) is 0 Å². The summed E-state index contributed by atoms with van der Waals surface area (Å²) in [5, 5.41) is 14.5. The van der Waals surface area contributed by atoms with E-state index in [0.717, 1.165) is 22.3 Å². The van der Waals surface area contributed by atoms with E-state index in [1.54, 1.807) is 6.92 Å². The number of amides is 2. The number of carbonyl (C=O) groups excluding carboxylic acids is 2. The number of ether oxygens (including phenoxy) is 1. The van der Waals surface area contributed by atoms with Crippen LogP contribution in [0.1, 0.15) is 40.7 Å². The molecule has 0 spiro atoms. The number of carboxylic acids is 1. The third-order valence-corrected chi connectivity index (χ3v) is 6.42. The van der Waals surface area contributed by atoms with Crippen molar-refractivity contribution < 1.29 is 24.2 Å². The van der Waals surface area contributed by atoms with Gasteiger partial charge in [0, 0.05) is 18.4 Å². The number of benzene rings is 3. The predicted octanol–water partition coefficient (Wildman–Crippen LogP) is 5.54. The molecular weight excluding hydrogens is 468 g/mol. The number of anilines is 1. The summed E-state index contributed by atoms with van der Waals surface area (Å²) in [6.07, 6.45) is -0.146. The van der Waals surface area contributed by atoms with E-state index < -0.39 is 18.0 Å². The van der Waals surface area contributed by atoms with E-state index in [0.29, 0.717) is 12.1 Å². The molecule has 4 rings (SSSR count). The summed E-state index contributed by atoms with van der Waals surface area (Å²) in [5.74, 6) is -1.82. The standard InChI is InChI=1S/C27H25ClN2O5/c1-16(25(31)30-24-11-10-17(26(32)33)14-23(24)28)12-13-29-27(34)35-15-22-20-8-4-2-6-18(20)19-7-3-5-9-21(19)22/h2-11,14,16,22H,12-13,15H2,1H3,(H,29,34)(H,30,31)(H,32,33). The first-order chi connectivity index (χ1) is 16.8. The average Bonchev–Trinajstić information content (AvgIpc) is 3.17. The molecule has 1 unspecified atom stereocenters. The summed E-state index contributed by atoms with van der Waals surface area (Å²) >= 11 is 6.07. The van der Waals surface area contributed by atoms with E-state index in [1.165, 1.54) is 18.2 Å². The number of fused-ring (bicyclic) bond motifs is 3. The minimum Gasteiger partial charge on any atom is -0.478 e. The number of carbonyl (C=O) groups is 3. The molecule has 0 heterocycles. The minimum absolute atomic E-state index is 0.0184. The molecule has 0 fully saturated rings. The van der Waals surface area contributed by atoms with Crippen molar-refractivity contribution >= 4 is 35.3 Å². The summed E-state index contributed by atoms with van der Waals surface area (Å²) in [6, 6.07) is 20.3. The van der Waals surface area contributed by atoms with Crippen molar-refractivity contribution in [3.8, 4) is 11.1 Å². The molecule has 0 saturated heterocycles. The van der Waals surface area contributed by atoms with E-state index >= 15 is 0 Å². The van der Waals surface area contributed by atoms with Gasteiger partial charge >= 0.3 is 12.1 Å². The Morgan fingerprint density at radius 3 is 2.23 bits per heavy atom. The summed E-state index contributed by atoms with van der Waals surface area (Å²) in [7, 11) is 0. The maximum Gasteiger partial charge on any atom is 0.407 e. The number of aromatic carboxylic acids is 1. The highest BCUT2D eigenvalue weighted by molar-refractivity contribution is 6.34. The van der Waals surface area contributed by atoms with E-state index in [-0.39, 0.29) is 35.6 Å². The number of nitrogens with one attached hydrogen (secondary N) is 2. The maximum atomic E-state index is 12.5. The van der Waals surface area contributed by atoms with E-state index in [4.69, 9.17) is 21.4 Å². The van der Waals surface area contributed by atoms with Gasteiger partial charge in [-0.1, -0.05) is 67.1 Å². The van der Waals surface area contributed by atoms with E-state index in [1.807, 2.05) is 24.3 Å². The summed E-state index contributed by atoms with van der Waals surface area (Å²) in [6.45, 7) is 2.21. The normalized spacial score (nSPS) is 12.9. The van der Waals surface area contributed by atoms with Crippen molar-refractivity contribution in [2.45, 2.75) is 19.3 Å². The van der Waals surface area contributed by atoms with Gasteiger partial charge in [0.2, 0.25) is 5.91 Å². The van der Waals surface area contributed by atoms with Crippen molar-refractivity contribution in [2.75, 3.05) is 18.5 Å². The van der Waals surface area contributed by atoms with Gasteiger partial charge in [0.1, 0.15) is 6.61 Å². The van der Waals surface area contributed by atoms with Crippen LogP contribution in [0, 0.1) is 5.92 Å². The van der Waals surface area contributed by atoms with Gasteiger partial charge < -0.3 is 20.5 Å². The maximum absolute atomic E-state index is 12.5. The molecular formula is C27H25ClN2O5. The zero-order valence-electron chi connectivity index (χ0n) is 19.1. The van der Waals surface area contributed by atoms with Crippen LogP contribution in [0.4, 0.5) is 10.5 Å². The fraction of sp³-hybridized carbons (Fsp3) is 0.222. The van der Waals surface area contributed by atoms with Crippen molar-refractivity contribution in [3.05, 3.63) is 88.4 Å². The molecule has 3 aromatic carbocycles. The third-order valence-electron chi connectivity index (χ3n) is 6.11. The molecule has 7 nitrogen and oxygen atoms in total. The monoisotopic (exact) mass is 492 g/mol. The van der Waals surface area contributed by atoms with Crippen LogP contribution in [-0.4, -0.2) is 36.2 Å². The summed E-state index contributed by atoms with van der Waals surface area (Å²) < 4.78 is 5.51. The van der Waals surface area contributed by atoms with Crippen LogP contribution in [0.2, 0.25) is 5.02 Å². The molecule has 8 heteroatoms. The second kappa shape index (κ2) is 10.6. The molecule has 0 aromatic heterocycles. The lowest BCUT2D eigenvalue weighted by molar-refractivity contribution is -0.119. The average molecular weight is 493 g/mol. The molecule has 0 aliphatic heterocycles. The first-order valence-electron chi connectivity index (χ1n) is 11.3. The van der Waals surface area contributed by atoms with Gasteiger partial charge in [0.25, 0.3) is 0 Å². The molecule has 1 aliphatic rings. The molecule has 0 bridgehead atoms. The fourth-order valence-electron chi connectivity index (χ4n) is 4.18. The summed E-state index contributed by atoms with van der Waals surface area (Å²) in [5.41, 5.74) is 4.97. The third kappa shape index (κ3) is 5.46. The zero-order valence-corrected chi connectivity index (χ0v) is 19.8. The Labute approximate surface area is 208 Å². The van der Waals surface area contributed by atoms with E-state index in [2.05, 4.69) is 34.9 Å². The van der Waals surface area contributed by atoms with Gasteiger partial charge in [-0.05, 0) is 46.9 Å². The van der Waals surface area contributed by atoms with Crippen molar-refractivity contribution in [1.82, 2.24) is 5.32 Å². The quantitative estimate of drug-likeness (QED) is 0.383. The Balaban J connectivity index is 1.25. The molecule has 180 valence electrons. The Hall–Kier alpha value is -3.84.